The van der Waals surface area contributed by atoms with Crippen molar-refractivity contribution in [3.63, 3.8) is 0 Å². The van der Waals surface area contributed by atoms with Crippen LogP contribution in [0.4, 0.5) is 0 Å². The van der Waals surface area contributed by atoms with Gasteiger partial charge >= 0.3 is 0 Å². The monoisotopic (exact) mass is 327 g/mol. The zero-order chi connectivity index (χ0) is 13.8. The molecule has 0 atom stereocenters. The van der Waals surface area contributed by atoms with Gasteiger partial charge in [0.15, 0.2) is 0 Å². The third-order valence-electron chi connectivity index (χ3n) is 3.13. The summed E-state index contributed by atoms with van der Waals surface area (Å²) >= 11 is 3.50. The van der Waals surface area contributed by atoms with Crippen molar-refractivity contribution in [2.24, 2.45) is 0 Å². The van der Waals surface area contributed by atoms with Crippen LogP contribution in [-0.4, -0.2) is 14.5 Å². The van der Waals surface area contributed by atoms with Gasteiger partial charge in [-0.25, -0.2) is 4.98 Å². The molecule has 0 aliphatic rings. The number of rotatable bonds is 4. The van der Waals surface area contributed by atoms with Crippen LogP contribution >= 0.6 is 15.9 Å². The van der Waals surface area contributed by atoms with Crippen molar-refractivity contribution < 1.29 is 0 Å². The van der Waals surface area contributed by atoms with E-state index < -0.39 is 0 Å². The minimum absolute atomic E-state index is 0.803. The van der Waals surface area contributed by atoms with Gasteiger partial charge in [0.25, 0.3) is 0 Å². The molecule has 0 spiro atoms. The second kappa shape index (κ2) is 6.01. The summed E-state index contributed by atoms with van der Waals surface area (Å²) in [6.45, 7) is 0.803. The maximum Gasteiger partial charge on any atom is 0.113 e. The molecule has 3 rings (SSSR count). The molecule has 2 aromatic heterocycles. The average Bonchev–Trinajstić information content (AvgIpc) is 2.87. The molecule has 0 unspecified atom stereocenters. The number of nitrogens with zero attached hydrogens (tertiary/aromatic N) is 3. The van der Waals surface area contributed by atoms with Crippen LogP contribution in [0.2, 0.25) is 0 Å². The lowest BCUT2D eigenvalue weighted by Crippen LogP contribution is -2.05. The maximum atomic E-state index is 4.46. The Labute approximate surface area is 126 Å². The molecular weight excluding hydrogens is 314 g/mol. The van der Waals surface area contributed by atoms with E-state index in [0.29, 0.717) is 0 Å². The summed E-state index contributed by atoms with van der Waals surface area (Å²) in [5.41, 5.74) is 2.43. The van der Waals surface area contributed by atoms with Crippen molar-refractivity contribution in [1.29, 1.82) is 0 Å². The van der Waals surface area contributed by atoms with Gasteiger partial charge in [0, 0.05) is 35.7 Å². The highest BCUT2D eigenvalue weighted by molar-refractivity contribution is 9.10. The first-order chi connectivity index (χ1) is 9.81. The van der Waals surface area contributed by atoms with Crippen molar-refractivity contribution >= 4 is 15.9 Å². The molecule has 2 heterocycles. The van der Waals surface area contributed by atoms with Gasteiger partial charge in [-0.3, -0.25) is 4.98 Å². The molecular formula is C16H14BrN3. The maximum absolute atomic E-state index is 4.46. The first kappa shape index (κ1) is 13.1. The van der Waals surface area contributed by atoms with Crippen LogP contribution in [0.3, 0.4) is 0 Å². The summed E-state index contributed by atoms with van der Waals surface area (Å²) in [6.07, 6.45) is 8.37. The predicted molar refractivity (Wildman–Crippen MR) is 82.5 cm³/mol. The number of pyridine rings is 1. The van der Waals surface area contributed by atoms with Crippen molar-refractivity contribution in [1.82, 2.24) is 14.5 Å². The molecule has 0 bridgehead atoms. The SMILES string of the molecule is Brc1cccc(Cc2nccn2Cc2cccnc2)c1. The summed E-state index contributed by atoms with van der Waals surface area (Å²) in [6, 6.07) is 12.4. The van der Waals surface area contributed by atoms with E-state index in [0.717, 1.165) is 23.3 Å². The molecule has 1 aromatic carbocycles. The molecule has 0 amide bonds. The molecule has 100 valence electrons. The molecule has 0 saturated heterocycles. The number of hydrogen-bond acceptors (Lipinski definition) is 2. The molecule has 3 aromatic rings. The van der Waals surface area contributed by atoms with Crippen molar-refractivity contribution in [2.45, 2.75) is 13.0 Å². The van der Waals surface area contributed by atoms with Gasteiger partial charge in [0.05, 0.1) is 6.54 Å². The molecule has 3 nitrogen and oxygen atoms in total. The molecule has 4 heteroatoms. The second-order valence-corrected chi connectivity index (χ2v) is 5.56. The van der Waals surface area contributed by atoms with Crippen LogP contribution in [0.5, 0.6) is 0 Å². The number of halogens is 1. The molecule has 0 radical (unpaired) electrons. The van der Waals surface area contributed by atoms with E-state index in [1.54, 1.807) is 6.20 Å². The topological polar surface area (TPSA) is 30.7 Å². The fraction of sp³-hybridized carbons (Fsp3) is 0.125. The minimum Gasteiger partial charge on any atom is -0.330 e. The molecule has 0 fully saturated rings. The Hall–Kier alpha value is -1.94. The van der Waals surface area contributed by atoms with Crippen LogP contribution in [0.1, 0.15) is 17.0 Å². The lowest BCUT2D eigenvalue weighted by molar-refractivity contribution is 0.738. The molecule has 0 aliphatic carbocycles. The standard InChI is InChI=1S/C16H14BrN3/c17-15-5-1-3-13(9-15)10-16-19-7-8-20(16)12-14-4-2-6-18-11-14/h1-9,11H,10,12H2. The highest BCUT2D eigenvalue weighted by Crippen LogP contribution is 2.15. The zero-order valence-corrected chi connectivity index (χ0v) is 12.5. The van der Waals surface area contributed by atoms with Gasteiger partial charge in [-0.1, -0.05) is 34.1 Å². The Kier molecular flexibility index (Phi) is 3.92. The minimum atomic E-state index is 0.803. The Morgan fingerprint density at radius 3 is 2.75 bits per heavy atom. The van der Waals surface area contributed by atoms with Gasteiger partial charge in [-0.15, -0.1) is 0 Å². The van der Waals surface area contributed by atoms with E-state index >= 15 is 0 Å². The largest absolute Gasteiger partial charge is 0.330 e. The molecule has 20 heavy (non-hydrogen) atoms. The van der Waals surface area contributed by atoms with Crippen LogP contribution in [0.25, 0.3) is 0 Å². The van der Waals surface area contributed by atoms with E-state index in [1.807, 2.05) is 36.8 Å². The van der Waals surface area contributed by atoms with Crippen LogP contribution < -0.4 is 0 Å². The molecule has 0 saturated carbocycles. The molecule has 0 aliphatic heterocycles. The third kappa shape index (κ3) is 3.14. The van der Waals surface area contributed by atoms with E-state index in [-0.39, 0.29) is 0 Å². The van der Waals surface area contributed by atoms with Crippen LogP contribution in [-0.2, 0) is 13.0 Å². The number of hydrogen-bond donors (Lipinski definition) is 0. The summed E-state index contributed by atoms with van der Waals surface area (Å²) in [5.74, 6) is 1.06. The first-order valence-corrected chi connectivity index (χ1v) is 7.24. The number of imidazole rings is 1. The van der Waals surface area contributed by atoms with Crippen molar-refractivity contribution in [3.05, 3.63) is 82.6 Å². The Morgan fingerprint density at radius 1 is 1.05 bits per heavy atom. The normalized spacial score (nSPS) is 10.7. The smallest absolute Gasteiger partial charge is 0.113 e. The van der Waals surface area contributed by atoms with Crippen LogP contribution in [0.15, 0.2) is 65.7 Å². The lowest BCUT2D eigenvalue weighted by Gasteiger charge is -2.08. The van der Waals surface area contributed by atoms with Gasteiger partial charge in [-0.05, 0) is 29.3 Å². The average molecular weight is 328 g/mol. The summed E-state index contributed by atoms with van der Waals surface area (Å²) < 4.78 is 3.26. The fourth-order valence-corrected chi connectivity index (χ4v) is 2.62. The van der Waals surface area contributed by atoms with Gasteiger partial charge < -0.3 is 4.57 Å². The van der Waals surface area contributed by atoms with E-state index in [9.17, 15) is 0 Å². The molecule has 0 N–H and O–H groups in total. The predicted octanol–water partition coefficient (Wildman–Crippen LogP) is 3.68. The lowest BCUT2D eigenvalue weighted by atomic mass is 10.1. The highest BCUT2D eigenvalue weighted by atomic mass is 79.9. The van der Waals surface area contributed by atoms with Crippen LogP contribution in [0, 0.1) is 0 Å². The van der Waals surface area contributed by atoms with E-state index in [2.05, 4.69) is 48.7 Å². The number of benzene rings is 1. The van der Waals surface area contributed by atoms with Crippen molar-refractivity contribution in [3.8, 4) is 0 Å². The first-order valence-electron chi connectivity index (χ1n) is 6.44. The van der Waals surface area contributed by atoms with E-state index in [4.69, 9.17) is 0 Å². The summed E-state index contributed by atoms with van der Waals surface area (Å²) in [7, 11) is 0. The van der Waals surface area contributed by atoms with Crippen molar-refractivity contribution in [2.75, 3.05) is 0 Å². The fourth-order valence-electron chi connectivity index (χ4n) is 2.17. The van der Waals surface area contributed by atoms with Gasteiger partial charge in [0.2, 0.25) is 0 Å². The number of aromatic nitrogens is 3. The van der Waals surface area contributed by atoms with Gasteiger partial charge in [-0.2, -0.15) is 0 Å². The highest BCUT2D eigenvalue weighted by Gasteiger charge is 2.05. The summed E-state index contributed by atoms with van der Waals surface area (Å²) in [5, 5.41) is 0. The second-order valence-electron chi connectivity index (χ2n) is 4.64. The zero-order valence-electron chi connectivity index (χ0n) is 10.9. The Balaban J connectivity index is 1.80. The Morgan fingerprint density at radius 2 is 1.95 bits per heavy atom. The quantitative estimate of drug-likeness (QED) is 0.731. The van der Waals surface area contributed by atoms with E-state index in [1.165, 1.54) is 11.1 Å². The third-order valence-corrected chi connectivity index (χ3v) is 3.62. The summed E-state index contributed by atoms with van der Waals surface area (Å²) in [4.78, 5) is 8.62. The Bertz CT molecular complexity index is 692. The van der Waals surface area contributed by atoms with Gasteiger partial charge in [0.1, 0.15) is 5.82 Å².